The van der Waals surface area contributed by atoms with Crippen LogP contribution in [0.4, 0.5) is 0 Å². The number of nitrogens with two attached hydrogens (primary N) is 1. The first-order chi connectivity index (χ1) is 9.15. The van der Waals surface area contributed by atoms with Crippen LogP contribution in [0.3, 0.4) is 0 Å². The summed E-state index contributed by atoms with van der Waals surface area (Å²) in [5.41, 5.74) is 9.91. The molecule has 0 fully saturated rings. The van der Waals surface area contributed by atoms with Crippen LogP contribution in [0.1, 0.15) is 45.6 Å². The predicted molar refractivity (Wildman–Crippen MR) is 81.0 cm³/mol. The Balaban J connectivity index is 1.94. The summed E-state index contributed by atoms with van der Waals surface area (Å²) in [6.45, 7) is 2.05. The third kappa shape index (κ3) is 2.55. The molecule has 1 aromatic heterocycles. The van der Waals surface area contributed by atoms with Gasteiger partial charge < -0.3 is 5.73 Å². The molecule has 1 aliphatic carbocycles. The van der Waals surface area contributed by atoms with Gasteiger partial charge in [-0.15, -0.1) is 11.3 Å². The molecule has 2 nitrogen and oxygen atoms in total. The van der Waals surface area contributed by atoms with Crippen LogP contribution in [-0.2, 0) is 12.8 Å². The molecule has 2 aromatic rings. The van der Waals surface area contributed by atoms with E-state index in [2.05, 4.69) is 6.92 Å². The van der Waals surface area contributed by atoms with Gasteiger partial charge in [-0.05, 0) is 55.9 Å². The van der Waals surface area contributed by atoms with Crippen LogP contribution in [0.25, 0.3) is 0 Å². The molecular weight excluding hydrogens is 276 g/mol. The number of aryl methyl sites for hydroxylation is 3. The van der Waals surface area contributed by atoms with Crippen molar-refractivity contribution in [3.05, 3.63) is 49.9 Å². The Labute approximate surface area is 122 Å². The molecule has 0 bridgehead atoms. The molecule has 1 heterocycles. The normalized spacial score (nSPS) is 16.2. The summed E-state index contributed by atoms with van der Waals surface area (Å²) in [6, 6.07) is 5.75. The van der Waals surface area contributed by atoms with Crippen LogP contribution in [0.15, 0.2) is 18.2 Å². The number of aromatic nitrogens is 1. The quantitative estimate of drug-likeness (QED) is 0.907. The van der Waals surface area contributed by atoms with Crippen LogP contribution < -0.4 is 5.73 Å². The zero-order valence-electron chi connectivity index (χ0n) is 10.9. The molecule has 100 valence electrons. The lowest BCUT2D eigenvalue weighted by Crippen LogP contribution is -2.13. The standard InChI is InChI=1S/C15H17ClN2S/c1-9-8-10(16)6-7-11(9)14(17)15-18-12-4-2-3-5-13(12)19-15/h6-8,14H,2-5,17H2,1H3. The lowest BCUT2D eigenvalue weighted by Gasteiger charge is -2.12. The Morgan fingerprint density at radius 1 is 1.32 bits per heavy atom. The fourth-order valence-electron chi connectivity index (χ4n) is 2.63. The molecule has 0 saturated heterocycles. The van der Waals surface area contributed by atoms with Gasteiger partial charge in [0, 0.05) is 9.90 Å². The van der Waals surface area contributed by atoms with E-state index in [1.165, 1.54) is 29.8 Å². The third-order valence-electron chi connectivity index (χ3n) is 3.70. The van der Waals surface area contributed by atoms with Gasteiger partial charge in [0.25, 0.3) is 0 Å². The zero-order chi connectivity index (χ0) is 13.4. The van der Waals surface area contributed by atoms with Gasteiger partial charge in [-0.25, -0.2) is 4.98 Å². The van der Waals surface area contributed by atoms with Crippen molar-refractivity contribution in [2.75, 3.05) is 0 Å². The second kappa shape index (κ2) is 5.23. The minimum Gasteiger partial charge on any atom is -0.318 e. The molecule has 1 unspecified atom stereocenters. The van der Waals surface area contributed by atoms with E-state index in [1.807, 2.05) is 18.2 Å². The van der Waals surface area contributed by atoms with Crippen LogP contribution in [0.2, 0.25) is 5.02 Å². The van der Waals surface area contributed by atoms with Gasteiger partial charge in [0.2, 0.25) is 0 Å². The van der Waals surface area contributed by atoms with E-state index in [4.69, 9.17) is 22.3 Å². The predicted octanol–water partition coefficient (Wildman–Crippen LogP) is 4.03. The summed E-state index contributed by atoms with van der Waals surface area (Å²) in [7, 11) is 0. The number of halogens is 1. The molecule has 2 N–H and O–H groups in total. The Bertz CT molecular complexity index is 583. The summed E-state index contributed by atoms with van der Waals surface area (Å²) in [4.78, 5) is 6.18. The number of thiazole rings is 1. The molecule has 0 spiro atoms. The van der Waals surface area contributed by atoms with Gasteiger partial charge in [-0.1, -0.05) is 17.7 Å². The second-order valence-electron chi connectivity index (χ2n) is 5.11. The van der Waals surface area contributed by atoms with Crippen molar-refractivity contribution in [1.82, 2.24) is 4.98 Å². The Hall–Kier alpha value is -0.900. The minimum atomic E-state index is -0.132. The summed E-state index contributed by atoms with van der Waals surface area (Å²) in [5.74, 6) is 0. The van der Waals surface area contributed by atoms with E-state index in [0.717, 1.165) is 27.6 Å². The summed E-state index contributed by atoms with van der Waals surface area (Å²) in [6.07, 6.45) is 4.81. The van der Waals surface area contributed by atoms with Gasteiger partial charge in [0.1, 0.15) is 5.01 Å². The first-order valence-corrected chi connectivity index (χ1v) is 7.84. The number of hydrogen-bond donors (Lipinski definition) is 1. The van der Waals surface area contributed by atoms with Crippen molar-refractivity contribution in [3.8, 4) is 0 Å². The molecule has 0 amide bonds. The molecule has 1 aromatic carbocycles. The fraction of sp³-hybridized carbons (Fsp3) is 0.400. The maximum absolute atomic E-state index is 6.38. The van der Waals surface area contributed by atoms with Crippen LogP contribution in [0, 0.1) is 6.92 Å². The summed E-state index contributed by atoms with van der Waals surface area (Å²) in [5, 5.41) is 1.80. The van der Waals surface area contributed by atoms with Gasteiger partial charge in [0.05, 0.1) is 11.7 Å². The number of hydrogen-bond acceptors (Lipinski definition) is 3. The summed E-state index contributed by atoms with van der Waals surface area (Å²) >= 11 is 7.78. The molecule has 0 saturated carbocycles. The van der Waals surface area contributed by atoms with E-state index in [9.17, 15) is 0 Å². The van der Waals surface area contributed by atoms with Crippen molar-refractivity contribution in [1.29, 1.82) is 0 Å². The van der Waals surface area contributed by atoms with E-state index in [0.29, 0.717) is 0 Å². The number of rotatable bonds is 2. The molecule has 0 radical (unpaired) electrons. The number of fused-ring (bicyclic) bond motifs is 1. The van der Waals surface area contributed by atoms with Gasteiger partial charge >= 0.3 is 0 Å². The zero-order valence-corrected chi connectivity index (χ0v) is 12.5. The van der Waals surface area contributed by atoms with E-state index >= 15 is 0 Å². The molecule has 0 aliphatic heterocycles. The molecule has 1 atom stereocenters. The average Bonchev–Trinajstić information content (AvgIpc) is 2.81. The van der Waals surface area contributed by atoms with Crippen LogP contribution in [-0.4, -0.2) is 4.98 Å². The fourth-order valence-corrected chi connectivity index (χ4v) is 4.03. The first kappa shape index (κ1) is 13.1. The highest BCUT2D eigenvalue weighted by atomic mass is 35.5. The highest BCUT2D eigenvalue weighted by molar-refractivity contribution is 7.11. The Kier molecular flexibility index (Phi) is 3.61. The van der Waals surface area contributed by atoms with Crippen molar-refractivity contribution < 1.29 is 0 Å². The lowest BCUT2D eigenvalue weighted by atomic mass is 10.0. The average molecular weight is 293 g/mol. The van der Waals surface area contributed by atoms with Crippen molar-refractivity contribution >= 4 is 22.9 Å². The highest BCUT2D eigenvalue weighted by Crippen LogP contribution is 2.32. The van der Waals surface area contributed by atoms with Gasteiger partial charge in [-0.3, -0.25) is 0 Å². The largest absolute Gasteiger partial charge is 0.318 e. The smallest absolute Gasteiger partial charge is 0.114 e. The third-order valence-corrected chi connectivity index (χ3v) is 5.17. The monoisotopic (exact) mass is 292 g/mol. The summed E-state index contributed by atoms with van der Waals surface area (Å²) < 4.78 is 0. The van der Waals surface area contributed by atoms with Crippen molar-refractivity contribution in [3.63, 3.8) is 0 Å². The van der Waals surface area contributed by atoms with Crippen LogP contribution in [0.5, 0.6) is 0 Å². The molecule has 19 heavy (non-hydrogen) atoms. The first-order valence-electron chi connectivity index (χ1n) is 6.65. The maximum atomic E-state index is 6.38. The van der Waals surface area contributed by atoms with Gasteiger partial charge in [-0.2, -0.15) is 0 Å². The Morgan fingerprint density at radius 2 is 2.11 bits per heavy atom. The molecule has 1 aliphatic rings. The molecule has 4 heteroatoms. The Morgan fingerprint density at radius 3 is 2.84 bits per heavy atom. The van der Waals surface area contributed by atoms with Gasteiger partial charge in [0.15, 0.2) is 0 Å². The molecular formula is C15H17ClN2S. The van der Waals surface area contributed by atoms with Crippen molar-refractivity contribution in [2.24, 2.45) is 5.73 Å². The highest BCUT2D eigenvalue weighted by Gasteiger charge is 2.20. The van der Waals surface area contributed by atoms with E-state index < -0.39 is 0 Å². The van der Waals surface area contributed by atoms with Crippen molar-refractivity contribution in [2.45, 2.75) is 38.6 Å². The number of benzene rings is 1. The molecule has 3 rings (SSSR count). The number of nitrogens with zero attached hydrogens (tertiary/aromatic N) is 1. The second-order valence-corrected chi connectivity index (χ2v) is 6.66. The maximum Gasteiger partial charge on any atom is 0.114 e. The lowest BCUT2D eigenvalue weighted by molar-refractivity contribution is 0.678. The van der Waals surface area contributed by atoms with E-state index in [1.54, 1.807) is 11.3 Å². The van der Waals surface area contributed by atoms with E-state index in [-0.39, 0.29) is 6.04 Å². The topological polar surface area (TPSA) is 38.9 Å². The minimum absolute atomic E-state index is 0.132. The SMILES string of the molecule is Cc1cc(Cl)ccc1C(N)c1nc2c(s1)CCCC2. The van der Waals surface area contributed by atoms with Crippen LogP contribution >= 0.6 is 22.9 Å².